The predicted octanol–water partition coefficient (Wildman–Crippen LogP) is 4.69. The number of rotatable bonds is 9. The number of hydrogen-bond acceptors (Lipinski definition) is 9. The molecule has 1 atom stereocenters. The molecule has 38 heavy (non-hydrogen) atoms. The minimum absolute atomic E-state index is 0.290. The van der Waals surface area contributed by atoms with Crippen molar-refractivity contribution in [3.63, 3.8) is 0 Å². The fourth-order valence-electron chi connectivity index (χ4n) is 4.86. The standard InChI is InChI=1S/C28H31N7O3/c1-5-26(36)30-21-15-22(25(37-4)16-23(21)35-14-8-9-18(35)17-34(2)3)32-28-29-13-12-20(31-28)27-19-10-6-7-11-24(19)38-33-27/h5-7,10-13,15-16,18H,1,8-9,14,17H2,2-4H3,(H,30,36)(H,29,31,32)/t18-/m0/s1. The number of para-hydroxylation sites is 1. The minimum Gasteiger partial charge on any atom is -0.494 e. The van der Waals surface area contributed by atoms with E-state index in [1.165, 1.54) is 6.08 Å². The Morgan fingerprint density at radius 2 is 2.11 bits per heavy atom. The lowest BCUT2D eigenvalue weighted by molar-refractivity contribution is -0.111. The zero-order valence-corrected chi connectivity index (χ0v) is 21.8. The molecule has 0 aliphatic carbocycles. The van der Waals surface area contributed by atoms with Crippen LogP contribution < -0.4 is 20.3 Å². The highest BCUT2D eigenvalue weighted by molar-refractivity contribution is 6.02. The first-order chi connectivity index (χ1) is 18.5. The summed E-state index contributed by atoms with van der Waals surface area (Å²) in [5, 5.41) is 11.3. The van der Waals surface area contributed by atoms with Gasteiger partial charge in [0, 0.05) is 31.4 Å². The lowest BCUT2D eigenvalue weighted by Gasteiger charge is -2.31. The van der Waals surface area contributed by atoms with Crippen LogP contribution in [-0.4, -0.2) is 66.3 Å². The second kappa shape index (κ2) is 10.9. The van der Waals surface area contributed by atoms with Crippen LogP contribution in [0.15, 0.2) is 65.8 Å². The Labute approximate surface area is 221 Å². The second-order valence-corrected chi connectivity index (χ2v) is 9.43. The van der Waals surface area contributed by atoms with Crippen LogP contribution >= 0.6 is 0 Å². The van der Waals surface area contributed by atoms with Crippen molar-refractivity contribution in [1.29, 1.82) is 0 Å². The quantitative estimate of drug-likeness (QED) is 0.308. The zero-order valence-electron chi connectivity index (χ0n) is 21.8. The van der Waals surface area contributed by atoms with Gasteiger partial charge < -0.3 is 29.7 Å². The summed E-state index contributed by atoms with van der Waals surface area (Å²) in [5.41, 5.74) is 4.10. The van der Waals surface area contributed by atoms with Crippen LogP contribution in [-0.2, 0) is 4.79 Å². The third-order valence-corrected chi connectivity index (χ3v) is 6.55. The number of benzene rings is 2. The van der Waals surface area contributed by atoms with Gasteiger partial charge in [0.1, 0.15) is 11.4 Å². The molecule has 10 nitrogen and oxygen atoms in total. The van der Waals surface area contributed by atoms with Crippen molar-refractivity contribution in [2.45, 2.75) is 18.9 Å². The third-order valence-electron chi connectivity index (χ3n) is 6.55. The van der Waals surface area contributed by atoms with Crippen molar-refractivity contribution < 1.29 is 14.1 Å². The number of amides is 1. The molecule has 2 N–H and O–H groups in total. The van der Waals surface area contributed by atoms with E-state index in [0.29, 0.717) is 46.1 Å². The lowest BCUT2D eigenvalue weighted by atomic mass is 10.1. The smallest absolute Gasteiger partial charge is 0.247 e. The molecule has 1 aliphatic rings. The summed E-state index contributed by atoms with van der Waals surface area (Å²) in [6.45, 7) is 5.41. The monoisotopic (exact) mass is 513 g/mol. The van der Waals surface area contributed by atoms with E-state index in [0.717, 1.165) is 37.0 Å². The Kier molecular flexibility index (Phi) is 7.23. The van der Waals surface area contributed by atoms with Crippen molar-refractivity contribution >= 4 is 39.9 Å². The maximum absolute atomic E-state index is 12.4. The van der Waals surface area contributed by atoms with Gasteiger partial charge in [-0.05, 0) is 57.3 Å². The van der Waals surface area contributed by atoms with E-state index in [9.17, 15) is 4.79 Å². The van der Waals surface area contributed by atoms with Gasteiger partial charge in [-0.2, -0.15) is 0 Å². The molecule has 0 radical (unpaired) electrons. The summed E-state index contributed by atoms with van der Waals surface area (Å²) in [6, 6.07) is 13.5. The molecule has 3 heterocycles. The van der Waals surface area contributed by atoms with Crippen molar-refractivity contribution in [3.8, 4) is 17.1 Å². The van der Waals surface area contributed by atoms with Crippen LogP contribution in [0.2, 0.25) is 0 Å². The van der Waals surface area contributed by atoms with Gasteiger partial charge in [0.25, 0.3) is 0 Å². The number of anilines is 4. The fourth-order valence-corrected chi connectivity index (χ4v) is 4.86. The Morgan fingerprint density at radius 1 is 1.26 bits per heavy atom. The SMILES string of the molecule is C=CC(=O)Nc1cc(Nc2nccc(-c3noc4ccccc34)n2)c(OC)cc1N1CCC[C@H]1CN(C)C. The average Bonchev–Trinajstić information content (AvgIpc) is 3.56. The molecule has 1 amide bonds. The van der Waals surface area contributed by atoms with Gasteiger partial charge >= 0.3 is 0 Å². The van der Waals surface area contributed by atoms with Crippen LogP contribution in [0.25, 0.3) is 22.4 Å². The van der Waals surface area contributed by atoms with Crippen molar-refractivity contribution in [3.05, 3.63) is 61.3 Å². The van der Waals surface area contributed by atoms with E-state index in [4.69, 9.17) is 9.26 Å². The second-order valence-electron chi connectivity index (χ2n) is 9.43. The van der Waals surface area contributed by atoms with Gasteiger partial charge in [0.2, 0.25) is 11.9 Å². The maximum Gasteiger partial charge on any atom is 0.247 e. The van der Waals surface area contributed by atoms with Crippen LogP contribution in [0.5, 0.6) is 5.75 Å². The van der Waals surface area contributed by atoms with Gasteiger partial charge in [-0.3, -0.25) is 4.79 Å². The molecule has 10 heteroatoms. The number of methoxy groups -OCH3 is 1. The first kappa shape index (κ1) is 25.2. The first-order valence-electron chi connectivity index (χ1n) is 12.5. The van der Waals surface area contributed by atoms with Crippen molar-refractivity contribution in [2.75, 3.05) is 49.8 Å². The highest BCUT2D eigenvalue weighted by atomic mass is 16.5. The molecular weight excluding hydrogens is 482 g/mol. The lowest BCUT2D eigenvalue weighted by Crippen LogP contribution is -2.38. The molecule has 4 aromatic rings. The summed E-state index contributed by atoms with van der Waals surface area (Å²) in [7, 11) is 5.76. The molecule has 1 fully saturated rings. The van der Waals surface area contributed by atoms with Gasteiger partial charge in [-0.1, -0.05) is 23.9 Å². The summed E-state index contributed by atoms with van der Waals surface area (Å²) < 4.78 is 11.2. The molecule has 196 valence electrons. The van der Waals surface area contributed by atoms with E-state index in [1.54, 1.807) is 19.4 Å². The summed E-state index contributed by atoms with van der Waals surface area (Å²) in [4.78, 5) is 25.9. The fraction of sp³-hybridized carbons (Fsp3) is 0.286. The number of fused-ring (bicyclic) bond motifs is 1. The van der Waals surface area contributed by atoms with E-state index in [2.05, 4.69) is 56.2 Å². The molecule has 1 aliphatic heterocycles. The zero-order chi connectivity index (χ0) is 26.6. The summed E-state index contributed by atoms with van der Waals surface area (Å²) >= 11 is 0. The number of hydrogen-bond donors (Lipinski definition) is 2. The normalized spacial score (nSPS) is 15.2. The van der Waals surface area contributed by atoms with Gasteiger partial charge in [-0.15, -0.1) is 0 Å². The summed E-state index contributed by atoms with van der Waals surface area (Å²) in [6.07, 6.45) is 5.07. The number of nitrogens with one attached hydrogen (secondary N) is 2. The number of carbonyl (C=O) groups excluding carboxylic acids is 1. The van der Waals surface area contributed by atoms with Crippen LogP contribution in [0.3, 0.4) is 0 Å². The topological polar surface area (TPSA) is 109 Å². The minimum atomic E-state index is -0.290. The maximum atomic E-state index is 12.4. The number of ether oxygens (including phenoxy) is 1. The molecule has 0 saturated carbocycles. The van der Waals surface area contributed by atoms with Crippen molar-refractivity contribution in [2.24, 2.45) is 0 Å². The van der Waals surface area contributed by atoms with E-state index in [1.807, 2.05) is 36.4 Å². The largest absolute Gasteiger partial charge is 0.494 e. The molecular formula is C28H31N7O3. The number of likely N-dealkylation sites (N-methyl/N-ethyl adjacent to an activating group) is 1. The van der Waals surface area contributed by atoms with Crippen LogP contribution in [0.1, 0.15) is 12.8 Å². The Morgan fingerprint density at radius 3 is 2.89 bits per heavy atom. The average molecular weight is 514 g/mol. The molecule has 1 saturated heterocycles. The Bertz CT molecular complexity index is 1470. The van der Waals surface area contributed by atoms with Crippen LogP contribution in [0.4, 0.5) is 23.0 Å². The highest BCUT2D eigenvalue weighted by Crippen LogP contribution is 2.41. The van der Waals surface area contributed by atoms with Gasteiger partial charge in [0.15, 0.2) is 5.58 Å². The summed E-state index contributed by atoms with van der Waals surface area (Å²) in [5.74, 6) is 0.670. The van der Waals surface area contributed by atoms with E-state index >= 15 is 0 Å². The molecule has 5 rings (SSSR count). The molecule has 2 aromatic carbocycles. The highest BCUT2D eigenvalue weighted by Gasteiger charge is 2.28. The molecule has 0 spiro atoms. The number of nitrogens with zero attached hydrogens (tertiary/aromatic N) is 5. The Hall–Kier alpha value is -4.44. The molecule has 0 unspecified atom stereocenters. The van der Waals surface area contributed by atoms with Crippen LogP contribution in [0, 0.1) is 0 Å². The first-order valence-corrected chi connectivity index (χ1v) is 12.5. The number of aromatic nitrogens is 3. The molecule has 0 bridgehead atoms. The molecule has 2 aromatic heterocycles. The van der Waals surface area contributed by atoms with Gasteiger partial charge in [-0.25, -0.2) is 9.97 Å². The van der Waals surface area contributed by atoms with E-state index in [-0.39, 0.29) is 5.91 Å². The Balaban J connectivity index is 1.51. The predicted molar refractivity (Wildman–Crippen MR) is 149 cm³/mol. The van der Waals surface area contributed by atoms with E-state index < -0.39 is 0 Å². The van der Waals surface area contributed by atoms with Gasteiger partial charge in [0.05, 0.1) is 35.3 Å². The number of carbonyl (C=O) groups is 1. The third kappa shape index (κ3) is 5.16. The van der Waals surface area contributed by atoms with Crippen molar-refractivity contribution in [1.82, 2.24) is 20.0 Å².